The van der Waals surface area contributed by atoms with Crippen LogP contribution in [0.25, 0.3) is 11.4 Å². The van der Waals surface area contributed by atoms with Crippen LogP contribution in [0.5, 0.6) is 11.5 Å². The molecule has 1 N–H and O–H groups in total. The Bertz CT molecular complexity index is 1760. The van der Waals surface area contributed by atoms with Gasteiger partial charge in [-0.2, -0.15) is 4.80 Å². The molecule has 0 unspecified atom stereocenters. The van der Waals surface area contributed by atoms with E-state index in [0.717, 1.165) is 27.6 Å². The number of methoxy groups -OCH3 is 2. The average molecular weight is 577 g/mol. The third-order valence-electron chi connectivity index (χ3n) is 7.16. The summed E-state index contributed by atoms with van der Waals surface area (Å²) in [6.07, 6.45) is 3.69. The van der Waals surface area contributed by atoms with Crippen molar-refractivity contribution in [3.63, 3.8) is 0 Å². The molecular formula is C32H28N6O3S. The monoisotopic (exact) mass is 576 g/mol. The summed E-state index contributed by atoms with van der Waals surface area (Å²) in [6, 6.07) is 20.3. The van der Waals surface area contributed by atoms with Crippen molar-refractivity contribution in [2.45, 2.75) is 31.7 Å². The molecule has 0 atom stereocenters. The molecule has 1 saturated carbocycles. The van der Waals surface area contributed by atoms with Gasteiger partial charge in [0.15, 0.2) is 10.8 Å². The van der Waals surface area contributed by atoms with Gasteiger partial charge in [0.25, 0.3) is 5.91 Å². The molecule has 42 heavy (non-hydrogen) atoms. The number of rotatable bonds is 8. The Labute approximate surface area is 247 Å². The van der Waals surface area contributed by atoms with Crippen molar-refractivity contribution in [1.29, 1.82) is 0 Å². The van der Waals surface area contributed by atoms with Gasteiger partial charge in [-0.05, 0) is 65.9 Å². The number of amides is 1. The van der Waals surface area contributed by atoms with E-state index >= 15 is 0 Å². The van der Waals surface area contributed by atoms with Gasteiger partial charge in [-0.25, -0.2) is 4.98 Å². The number of nitrogens with one attached hydrogen (secondary N) is 1. The van der Waals surface area contributed by atoms with Crippen LogP contribution in [0.3, 0.4) is 0 Å². The topological polar surface area (TPSA) is 104 Å². The third kappa shape index (κ3) is 6.01. The van der Waals surface area contributed by atoms with Gasteiger partial charge in [0.05, 0.1) is 37.7 Å². The van der Waals surface area contributed by atoms with E-state index in [1.807, 2.05) is 36.4 Å². The number of tetrazole rings is 1. The Morgan fingerprint density at radius 2 is 1.83 bits per heavy atom. The Hall–Kier alpha value is -5.01. The second-order valence-corrected chi connectivity index (χ2v) is 10.7. The number of carbonyl (C=O) groups excluding carboxylic acids is 1. The number of benzene rings is 3. The van der Waals surface area contributed by atoms with Crippen LogP contribution >= 0.6 is 11.3 Å². The fourth-order valence-corrected chi connectivity index (χ4v) is 5.34. The lowest BCUT2D eigenvalue weighted by Crippen LogP contribution is -2.13. The minimum Gasteiger partial charge on any atom is -0.497 e. The molecule has 0 aliphatic heterocycles. The second-order valence-electron chi connectivity index (χ2n) is 9.86. The van der Waals surface area contributed by atoms with Crippen LogP contribution in [-0.4, -0.2) is 45.3 Å². The van der Waals surface area contributed by atoms with Crippen LogP contribution < -0.4 is 14.8 Å². The fraction of sp³-hybridized carbons (Fsp3) is 0.219. The summed E-state index contributed by atoms with van der Waals surface area (Å²) < 4.78 is 10.8. The van der Waals surface area contributed by atoms with E-state index in [1.165, 1.54) is 24.1 Å². The highest BCUT2D eigenvalue weighted by molar-refractivity contribution is 7.10. The summed E-state index contributed by atoms with van der Waals surface area (Å²) in [5.74, 6) is 8.39. The number of thiazole rings is 1. The molecule has 1 fully saturated rings. The fourth-order valence-electron chi connectivity index (χ4n) is 4.59. The molecule has 0 radical (unpaired) electrons. The summed E-state index contributed by atoms with van der Waals surface area (Å²) in [7, 11) is 3.20. The quantitative estimate of drug-likeness (QED) is 0.234. The number of hydrogen-bond acceptors (Lipinski definition) is 8. The standard InChI is InChI=1S/C32H28N6O3S/c1-40-26-16-9-21(10-17-26)19-38-36-31(35-37-38)24-11-13-25(14-12-24)32(39)34-27-8-4-7-23(30(27)41-2)15-18-29-33-28(20-42-29)22-5-3-6-22/h4,7-14,16-17,20,22H,3,5-6,19H2,1-2H3,(H,34,39). The van der Waals surface area contributed by atoms with Crippen molar-refractivity contribution in [1.82, 2.24) is 25.2 Å². The van der Waals surface area contributed by atoms with Gasteiger partial charge in [-0.3, -0.25) is 4.79 Å². The molecule has 3 aromatic carbocycles. The lowest BCUT2D eigenvalue weighted by molar-refractivity contribution is 0.102. The van der Waals surface area contributed by atoms with E-state index in [2.05, 4.69) is 42.9 Å². The van der Waals surface area contributed by atoms with Crippen molar-refractivity contribution < 1.29 is 14.3 Å². The highest BCUT2D eigenvalue weighted by Crippen LogP contribution is 2.36. The van der Waals surface area contributed by atoms with E-state index in [9.17, 15) is 4.79 Å². The number of aromatic nitrogens is 5. The van der Waals surface area contributed by atoms with Crippen molar-refractivity contribution in [2.24, 2.45) is 0 Å². The predicted octanol–water partition coefficient (Wildman–Crippen LogP) is 5.78. The Balaban J connectivity index is 1.12. The first-order valence-corrected chi connectivity index (χ1v) is 14.4. The Morgan fingerprint density at radius 1 is 1.02 bits per heavy atom. The second kappa shape index (κ2) is 12.2. The van der Waals surface area contributed by atoms with Crippen LogP contribution in [0.1, 0.15) is 57.4 Å². The van der Waals surface area contributed by atoms with Crippen LogP contribution in [0.4, 0.5) is 5.69 Å². The third-order valence-corrected chi connectivity index (χ3v) is 7.93. The molecule has 0 spiro atoms. The largest absolute Gasteiger partial charge is 0.497 e. The maximum Gasteiger partial charge on any atom is 0.255 e. The highest BCUT2D eigenvalue weighted by Gasteiger charge is 2.21. The predicted molar refractivity (Wildman–Crippen MR) is 161 cm³/mol. The molecule has 1 amide bonds. The van der Waals surface area contributed by atoms with Crippen LogP contribution in [0.15, 0.2) is 72.1 Å². The van der Waals surface area contributed by atoms with E-state index in [4.69, 9.17) is 9.47 Å². The molecule has 1 aliphatic carbocycles. The average Bonchev–Trinajstić information content (AvgIpc) is 3.66. The van der Waals surface area contributed by atoms with E-state index < -0.39 is 0 Å². The lowest BCUT2D eigenvalue weighted by atomic mass is 9.83. The van der Waals surface area contributed by atoms with Gasteiger partial charge in [0.1, 0.15) is 5.75 Å². The number of ether oxygens (including phenoxy) is 2. The highest BCUT2D eigenvalue weighted by atomic mass is 32.1. The van der Waals surface area contributed by atoms with Gasteiger partial charge >= 0.3 is 0 Å². The van der Waals surface area contributed by atoms with Gasteiger partial charge in [0, 0.05) is 22.4 Å². The summed E-state index contributed by atoms with van der Waals surface area (Å²) in [4.78, 5) is 19.3. The number of anilines is 1. The van der Waals surface area contributed by atoms with Gasteiger partial charge in [-0.1, -0.05) is 42.7 Å². The molecule has 9 nitrogen and oxygen atoms in total. The molecule has 0 bridgehead atoms. The zero-order valence-corrected chi connectivity index (χ0v) is 24.0. The van der Waals surface area contributed by atoms with Crippen molar-refractivity contribution >= 4 is 22.9 Å². The molecule has 2 heterocycles. The SMILES string of the molecule is COc1ccc(Cn2nnc(-c3ccc(C(=O)Nc4cccc(C#Cc5nc(C6CCC6)cs5)c4OC)cc3)n2)cc1. The summed E-state index contributed by atoms with van der Waals surface area (Å²) in [6.45, 7) is 0.480. The molecule has 5 aromatic rings. The van der Waals surface area contributed by atoms with E-state index in [1.54, 1.807) is 55.9 Å². The minimum absolute atomic E-state index is 0.272. The Kier molecular flexibility index (Phi) is 7.92. The minimum atomic E-state index is -0.272. The first-order valence-electron chi connectivity index (χ1n) is 13.6. The maximum atomic E-state index is 13.1. The molecule has 1 aliphatic rings. The first kappa shape index (κ1) is 27.2. The van der Waals surface area contributed by atoms with Gasteiger partial charge < -0.3 is 14.8 Å². The van der Waals surface area contributed by atoms with E-state index in [-0.39, 0.29) is 5.91 Å². The zero-order valence-electron chi connectivity index (χ0n) is 23.2. The van der Waals surface area contributed by atoms with Gasteiger partial charge in [-0.15, -0.1) is 21.5 Å². The normalized spacial score (nSPS) is 12.6. The van der Waals surface area contributed by atoms with Crippen LogP contribution in [0.2, 0.25) is 0 Å². The zero-order chi connectivity index (χ0) is 28.9. The molecule has 6 rings (SSSR count). The molecule has 210 valence electrons. The maximum absolute atomic E-state index is 13.1. The Morgan fingerprint density at radius 3 is 2.55 bits per heavy atom. The number of carbonyl (C=O) groups is 1. The van der Waals surface area contributed by atoms with E-state index in [0.29, 0.717) is 40.9 Å². The smallest absolute Gasteiger partial charge is 0.255 e. The number of para-hydroxylation sites is 1. The van der Waals surface area contributed by atoms with Crippen molar-refractivity contribution in [3.05, 3.63) is 99.5 Å². The summed E-state index contributed by atoms with van der Waals surface area (Å²) in [5, 5.41) is 18.6. The van der Waals surface area contributed by atoms with Gasteiger partial charge in [0.2, 0.25) is 5.82 Å². The molecule has 0 saturated heterocycles. The molecule has 10 heteroatoms. The van der Waals surface area contributed by atoms with Crippen molar-refractivity contribution in [3.8, 4) is 34.7 Å². The number of nitrogens with zero attached hydrogens (tertiary/aromatic N) is 5. The summed E-state index contributed by atoms with van der Waals surface area (Å²) >= 11 is 1.56. The van der Waals surface area contributed by atoms with Crippen molar-refractivity contribution in [2.75, 3.05) is 19.5 Å². The summed E-state index contributed by atoms with van der Waals surface area (Å²) in [5.41, 5.74) is 4.62. The van der Waals surface area contributed by atoms with Crippen LogP contribution in [0, 0.1) is 11.8 Å². The molecular weight excluding hydrogens is 548 g/mol. The van der Waals surface area contributed by atoms with Crippen LogP contribution in [-0.2, 0) is 6.54 Å². The first-order chi connectivity index (χ1) is 20.6. The lowest BCUT2D eigenvalue weighted by Gasteiger charge is -2.22. The number of hydrogen-bond donors (Lipinski definition) is 1. The molecule has 2 aromatic heterocycles.